The van der Waals surface area contributed by atoms with Gasteiger partial charge in [-0.05, 0) is 0 Å². The molecule has 2 N–H and O–H groups in total. The van der Waals surface area contributed by atoms with Crippen molar-refractivity contribution in [3.05, 3.63) is 44.1 Å². The molecule has 0 aliphatic rings. The molecule has 2 unspecified atom stereocenters. The molecule has 0 amide bonds. The fourth-order valence-electron chi connectivity index (χ4n) is 3.49. The second-order valence-corrected chi connectivity index (χ2v) is 9.13. The van der Waals surface area contributed by atoms with Crippen LogP contribution in [0.4, 0.5) is 0 Å². The molecule has 2 atom stereocenters. The van der Waals surface area contributed by atoms with Crippen LogP contribution in [0.1, 0.15) is 51.4 Å². The van der Waals surface area contributed by atoms with E-state index in [4.69, 9.17) is 22.3 Å². The number of aliphatic hydroxyl groups is 2. The van der Waals surface area contributed by atoms with E-state index in [0.29, 0.717) is 13.7 Å². The number of esters is 2. The van der Waals surface area contributed by atoms with Crippen molar-refractivity contribution in [3.8, 4) is 24.7 Å². The van der Waals surface area contributed by atoms with E-state index < -0.39 is 67.5 Å². The van der Waals surface area contributed by atoms with E-state index in [2.05, 4.69) is 18.4 Å². The predicted molar refractivity (Wildman–Crippen MR) is 148 cm³/mol. The quantitative estimate of drug-likeness (QED) is 0.104. The van der Waals surface area contributed by atoms with E-state index in [1.54, 1.807) is 0 Å². The molecule has 14 heteroatoms. The summed E-state index contributed by atoms with van der Waals surface area (Å²) in [4.78, 5) is 85.6. The lowest BCUT2D eigenvalue weighted by Gasteiger charge is -2.17. The van der Waals surface area contributed by atoms with Crippen molar-refractivity contribution < 1.29 is 38.9 Å². The summed E-state index contributed by atoms with van der Waals surface area (Å²) < 4.78 is 11.5. The number of hydrogen-bond acceptors (Lipinski definition) is 11. The molecule has 0 aliphatic heterocycles. The molecule has 0 bridgehead atoms. The van der Waals surface area contributed by atoms with E-state index in [-0.39, 0.29) is 69.5 Å². The lowest BCUT2D eigenvalue weighted by atomic mass is 10.1. The molecule has 0 aromatic carbocycles. The van der Waals surface area contributed by atoms with E-state index in [9.17, 15) is 43.8 Å². The van der Waals surface area contributed by atoms with Crippen molar-refractivity contribution in [3.63, 3.8) is 0 Å². The summed E-state index contributed by atoms with van der Waals surface area (Å²) >= 11 is 0. The number of allylic oxidation sites excluding steroid dienone is 1. The number of terminal acetylenes is 2. The number of aromatic nitrogens is 3. The van der Waals surface area contributed by atoms with Gasteiger partial charge in [0, 0.05) is 38.5 Å². The largest absolute Gasteiger partial charge is 0.463 e. The summed E-state index contributed by atoms with van der Waals surface area (Å²) in [6, 6.07) is 0. The summed E-state index contributed by atoms with van der Waals surface area (Å²) in [5, 5.41) is 20.6. The Morgan fingerprint density at radius 3 is 1.45 bits per heavy atom. The summed E-state index contributed by atoms with van der Waals surface area (Å²) in [5.74, 6) is 2.58. The van der Waals surface area contributed by atoms with Gasteiger partial charge in [-0.1, -0.05) is 6.08 Å². The molecule has 1 rings (SSSR count). The Balaban J connectivity index is 2.89. The first-order chi connectivity index (χ1) is 19.9. The number of carbonyl (C=O) groups is 4. The molecule has 42 heavy (non-hydrogen) atoms. The van der Waals surface area contributed by atoms with Crippen LogP contribution >= 0.6 is 0 Å². The number of ether oxygens (including phenoxy) is 2. The van der Waals surface area contributed by atoms with Gasteiger partial charge in [0.1, 0.15) is 37.0 Å². The monoisotopic (exact) mass is 589 g/mol. The summed E-state index contributed by atoms with van der Waals surface area (Å²) in [6.45, 7) is 0.554. The Labute approximate surface area is 241 Å². The maximum Gasteiger partial charge on any atom is 0.336 e. The minimum absolute atomic E-state index is 0.102. The van der Waals surface area contributed by atoms with Gasteiger partial charge < -0.3 is 19.7 Å². The van der Waals surface area contributed by atoms with Crippen molar-refractivity contribution >= 4 is 23.5 Å². The van der Waals surface area contributed by atoms with Crippen molar-refractivity contribution in [2.75, 3.05) is 13.2 Å². The van der Waals surface area contributed by atoms with Gasteiger partial charge in [-0.25, -0.2) is 28.1 Å². The zero-order chi connectivity index (χ0) is 31.7. The molecule has 0 saturated heterocycles. The third kappa shape index (κ3) is 12.3. The number of Topliss-reactive ketones (excluding diaryl/α,β-unsaturated/α-hetero) is 2. The first-order valence-corrected chi connectivity index (χ1v) is 13.1. The molecule has 0 radical (unpaired) electrons. The normalized spacial score (nSPS) is 11.9. The van der Waals surface area contributed by atoms with Crippen LogP contribution in [0.2, 0.25) is 0 Å². The molecular weight excluding hydrogens is 554 g/mol. The zero-order valence-electron chi connectivity index (χ0n) is 23.2. The van der Waals surface area contributed by atoms with Gasteiger partial charge in [0.15, 0.2) is 0 Å². The average Bonchev–Trinajstić information content (AvgIpc) is 2.97. The van der Waals surface area contributed by atoms with Crippen molar-refractivity contribution in [2.24, 2.45) is 0 Å². The van der Waals surface area contributed by atoms with Crippen molar-refractivity contribution in [2.45, 2.75) is 83.2 Å². The Kier molecular flexibility index (Phi) is 15.8. The molecule has 0 spiro atoms. The first-order valence-electron chi connectivity index (χ1n) is 13.1. The molecule has 1 aromatic heterocycles. The highest BCUT2D eigenvalue weighted by Crippen LogP contribution is 2.02. The third-order valence-electron chi connectivity index (χ3n) is 5.67. The molecule has 0 fully saturated rings. The zero-order valence-corrected chi connectivity index (χ0v) is 23.2. The second kappa shape index (κ2) is 18.7. The molecule has 228 valence electrons. The van der Waals surface area contributed by atoms with E-state index in [1.165, 1.54) is 6.08 Å². The van der Waals surface area contributed by atoms with Crippen LogP contribution in [-0.4, -0.2) is 72.8 Å². The number of nitrogens with zero attached hydrogens (tertiary/aromatic N) is 3. The lowest BCUT2D eigenvalue weighted by molar-refractivity contribution is -0.148. The highest BCUT2D eigenvalue weighted by atomic mass is 16.5. The third-order valence-corrected chi connectivity index (χ3v) is 5.67. The van der Waals surface area contributed by atoms with Gasteiger partial charge in [-0.3, -0.25) is 19.2 Å². The maximum absolute atomic E-state index is 13.0. The number of rotatable bonds is 20. The number of ketones is 2. The van der Waals surface area contributed by atoms with E-state index >= 15 is 0 Å². The molecule has 1 aromatic rings. The van der Waals surface area contributed by atoms with Crippen molar-refractivity contribution in [1.82, 2.24) is 13.7 Å². The van der Waals surface area contributed by atoms with Gasteiger partial charge in [0.05, 0.1) is 32.5 Å². The highest BCUT2D eigenvalue weighted by Gasteiger charge is 2.21. The van der Waals surface area contributed by atoms with Gasteiger partial charge in [-0.15, -0.1) is 31.3 Å². The Morgan fingerprint density at radius 2 is 1.10 bits per heavy atom. The standard InChI is InChI=1S/C28H35N3O11/c1-4-7-9-20(32)11-13-24(36)41-18-22(34)16-30-26(38)29(15-6-3)27(39)31(28(30)40)17-23(35)19-42-25(37)14-12-21(33)10-8-5-2/h1-2,6,22-23,34-35H,3,7-19H2. The number of hydrogen-bond donors (Lipinski definition) is 2. The van der Waals surface area contributed by atoms with Crippen LogP contribution in [0.15, 0.2) is 27.0 Å². The molecule has 14 nitrogen and oxygen atoms in total. The SMILES string of the molecule is C#CCCC(=O)CCC(=O)OCC(O)Cn1c(=O)n(CC=C)c(=O)n(CC(O)COC(=O)CCC(=O)CCC#C)c1=O. The molecule has 1 heterocycles. The van der Waals surface area contributed by atoms with Crippen LogP contribution < -0.4 is 17.1 Å². The number of carbonyl (C=O) groups excluding carboxylic acids is 4. The summed E-state index contributed by atoms with van der Waals surface area (Å²) in [5.41, 5.74) is -3.35. The van der Waals surface area contributed by atoms with Crippen LogP contribution in [0, 0.1) is 24.7 Å². The van der Waals surface area contributed by atoms with Crippen molar-refractivity contribution in [1.29, 1.82) is 0 Å². The second-order valence-electron chi connectivity index (χ2n) is 9.13. The Morgan fingerprint density at radius 1 is 0.714 bits per heavy atom. The van der Waals surface area contributed by atoms with E-state index in [1.807, 2.05) is 0 Å². The summed E-state index contributed by atoms with van der Waals surface area (Å²) in [6.07, 6.45) is 8.30. The van der Waals surface area contributed by atoms with E-state index in [0.717, 1.165) is 0 Å². The lowest BCUT2D eigenvalue weighted by Crippen LogP contribution is -2.56. The highest BCUT2D eigenvalue weighted by molar-refractivity contribution is 5.83. The van der Waals surface area contributed by atoms with Gasteiger partial charge in [-0.2, -0.15) is 0 Å². The summed E-state index contributed by atoms with van der Waals surface area (Å²) in [7, 11) is 0. The fraction of sp³-hybridized carbons (Fsp3) is 0.536. The average molecular weight is 590 g/mol. The minimum Gasteiger partial charge on any atom is -0.463 e. The van der Waals surface area contributed by atoms with Gasteiger partial charge in [0.25, 0.3) is 0 Å². The predicted octanol–water partition coefficient (Wildman–Crippen LogP) is -1.31. The molecular formula is C28H35N3O11. The van der Waals surface area contributed by atoms with Gasteiger partial charge >= 0.3 is 29.0 Å². The Hall–Kier alpha value is -4.53. The fourth-order valence-corrected chi connectivity index (χ4v) is 3.49. The van der Waals surface area contributed by atoms with Crippen LogP contribution in [-0.2, 0) is 48.3 Å². The first kappa shape index (κ1) is 35.5. The Bertz CT molecular complexity index is 1290. The van der Waals surface area contributed by atoms with Crippen LogP contribution in [0.5, 0.6) is 0 Å². The van der Waals surface area contributed by atoms with Crippen LogP contribution in [0.3, 0.4) is 0 Å². The number of aliphatic hydroxyl groups excluding tert-OH is 2. The molecule has 0 aliphatic carbocycles. The topological polar surface area (TPSA) is 193 Å². The van der Waals surface area contributed by atoms with Crippen LogP contribution in [0.25, 0.3) is 0 Å². The van der Waals surface area contributed by atoms with Gasteiger partial charge in [0.2, 0.25) is 0 Å². The molecule has 0 saturated carbocycles. The smallest absolute Gasteiger partial charge is 0.336 e. The minimum atomic E-state index is -1.55. The maximum atomic E-state index is 13.0.